The second-order valence-corrected chi connectivity index (χ2v) is 5.08. The number of nitriles is 1. The molecule has 0 bridgehead atoms. The molecule has 112 valence electrons. The van der Waals surface area contributed by atoms with Crippen LogP contribution in [-0.2, 0) is 7.05 Å². The van der Waals surface area contributed by atoms with E-state index in [-0.39, 0.29) is 0 Å². The molecule has 0 aliphatic rings. The molecule has 0 amide bonds. The van der Waals surface area contributed by atoms with Crippen LogP contribution in [0, 0.1) is 11.3 Å². The van der Waals surface area contributed by atoms with Gasteiger partial charge in [-0.1, -0.05) is 12.1 Å². The Morgan fingerprint density at radius 2 is 2.13 bits per heavy atom. The number of fused-ring (bicyclic) bond motifs is 3. The van der Waals surface area contributed by atoms with E-state index in [9.17, 15) is 0 Å². The van der Waals surface area contributed by atoms with Crippen LogP contribution in [0.25, 0.3) is 28.3 Å². The molecular weight excluding hydrogens is 292 g/mol. The van der Waals surface area contributed by atoms with Crippen LogP contribution in [0.4, 0.5) is 5.82 Å². The Morgan fingerprint density at radius 3 is 2.91 bits per heavy atom. The van der Waals surface area contributed by atoms with Gasteiger partial charge < -0.3 is 9.88 Å². The molecule has 0 radical (unpaired) electrons. The molecule has 0 unspecified atom stereocenters. The maximum atomic E-state index is 9.04. The van der Waals surface area contributed by atoms with Crippen LogP contribution < -0.4 is 5.32 Å². The molecule has 23 heavy (non-hydrogen) atoms. The number of anilines is 1. The van der Waals surface area contributed by atoms with Gasteiger partial charge in [-0.2, -0.15) is 19.7 Å². The highest BCUT2D eigenvalue weighted by molar-refractivity contribution is 5.85. The third-order valence-electron chi connectivity index (χ3n) is 3.62. The van der Waals surface area contributed by atoms with E-state index in [0.717, 1.165) is 16.7 Å². The first-order valence-corrected chi connectivity index (χ1v) is 6.97. The molecule has 0 saturated heterocycles. The molecule has 4 aromatic rings. The van der Waals surface area contributed by atoms with Crippen molar-refractivity contribution in [2.45, 2.75) is 0 Å². The Bertz CT molecular complexity index is 1080. The number of nitrogens with one attached hydrogen (secondary N) is 1. The lowest BCUT2D eigenvalue weighted by atomic mass is 10.1. The summed E-state index contributed by atoms with van der Waals surface area (Å²) in [6.45, 7) is 0. The number of aryl methyl sites for hydroxylation is 1. The predicted molar refractivity (Wildman–Crippen MR) is 84.8 cm³/mol. The van der Waals surface area contributed by atoms with Crippen LogP contribution in [0.1, 0.15) is 5.56 Å². The highest BCUT2D eigenvalue weighted by Crippen LogP contribution is 2.23. The molecule has 0 aliphatic carbocycles. The maximum absolute atomic E-state index is 9.04. The lowest BCUT2D eigenvalue weighted by molar-refractivity contribution is 0.876. The zero-order valence-corrected chi connectivity index (χ0v) is 12.5. The summed E-state index contributed by atoms with van der Waals surface area (Å²) in [6.07, 6.45) is 1.71. The van der Waals surface area contributed by atoms with Crippen molar-refractivity contribution in [3.8, 4) is 17.5 Å². The average molecular weight is 304 g/mol. The highest BCUT2D eigenvalue weighted by atomic mass is 15.4. The lowest BCUT2D eigenvalue weighted by Gasteiger charge is -2.02. The fraction of sp³-hybridized carbons (Fsp3) is 0.133. The molecule has 0 spiro atoms. The summed E-state index contributed by atoms with van der Waals surface area (Å²) < 4.78 is 3.53. The summed E-state index contributed by atoms with van der Waals surface area (Å²) in [6, 6.07) is 9.31. The fourth-order valence-corrected chi connectivity index (χ4v) is 2.54. The van der Waals surface area contributed by atoms with Crippen molar-refractivity contribution in [3.05, 3.63) is 36.2 Å². The lowest BCUT2D eigenvalue weighted by Crippen LogP contribution is -2.02. The van der Waals surface area contributed by atoms with Crippen molar-refractivity contribution in [1.82, 2.24) is 29.1 Å². The average Bonchev–Trinajstić information content (AvgIpc) is 3.17. The van der Waals surface area contributed by atoms with Crippen molar-refractivity contribution in [1.29, 1.82) is 5.26 Å². The van der Waals surface area contributed by atoms with Crippen LogP contribution in [-0.4, -0.2) is 36.2 Å². The molecule has 3 aromatic heterocycles. The number of nitrogens with zero attached hydrogens (tertiary/aromatic N) is 7. The Hall–Kier alpha value is -3.47. The van der Waals surface area contributed by atoms with E-state index in [1.54, 1.807) is 30.0 Å². The predicted octanol–water partition coefficient (Wildman–Crippen LogP) is 1.59. The molecule has 1 N–H and O–H groups in total. The Kier molecular flexibility index (Phi) is 2.74. The third-order valence-corrected chi connectivity index (χ3v) is 3.62. The Morgan fingerprint density at radius 1 is 1.26 bits per heavy atom. The van der Waals surface area contributed by atoms with Crippen LogP contribution in [0.5, 0.6) is 0 Å². The second-order valence-electron chi connectivity index (χ2n) is 5.08. The van der Waals surface area contributed by atoms with Gasteiger partial charge in [-0.25, -0.2) is 4.98 Å². The van der Waals surface area contributed by atoms with E-state index in [4.69, 9.17) is 5.26 Å². The van der Waals surface area contributed by atoms with E-state index < -0.39 is 0 Å². The Balaban J connectivity index is 2.02. The van der Waals surface area contributed by atoms with Crippen LogP contribution in [0.2, 0.25) is 0 Å². The number of benzene rings is 1. The quantitative estimate of drug-likeness (QED) is 0.604. The molecule has 3 heterocycles. The molecule has 8 nitrogen and oxygen atoms in total. The van der Waals surface area contributed by atoms with Gasteiger partial charge in [0.2, 0.25) is 0 Å². The van der Waals surface area contributed by atoms with E-state index in [1.807, 2.05) is 23.7 Å². The molecule has 8 heteroatoms. The van der Waals surface area contributed by atoms with Crippen LogP contribution >= 0.6 is 0 Å². The van der Waals surface area contributed by atoms with Gasteiger partial charge in [0.15, 0.2) is 22.8 Å². The second kappa shape index (κ2) is 4.78. The standard InChI is InChI=1S/C15H12N8/c1-17-13-11-14(22(2)8-18-11)23-15(20-13)19-12(21-23)10-5-3-4-9(6-10)7-16/h3-6,8H,1-2H3,(H,17,19,20,21). The van der Waals surface area contributed by atoms with Crippen molar-refractivity contribution in [2.24, 2.45) is 7.05 Å². The smallest absolute Gasteiger partial charge is 0.256 e. The number of imidazole rings is 1. The van der Waals surface area contributed by atoms with E-state index in [0.29, 0.717) is 23.0 Å². The van der Waals surface area contributed by atoms with Gasteiger partial charge in [-0.15, -0.1) is 5.10 Å². The molecule has 1 aromatic carbocycles. The fourth-order valence-electron chi connectivity index (χ4n) is 2.54. The third kappa shape index (κ3) is 1.91. The topological polar surface area (TPSA) is 96.7 Å². The molecule has 0 aliphatic heterocycles. The molecular formula is C15H12N8. The van der Waals surface area contributed by atoms with Crippen molar-refractivity contribution in [3.63, 3.8) is 0 Å². The first-order valence-electron chi connectivity index (χ1n) is 6.97. The molecule has 4 rings (SSSR count). The van der Waals surface area contributed by atoms with E-state index >= 15 is 0 Å². The van der Waals surface area contributed by atoms with Gasteiger partial charge in [0.25, 0.3) is 5.78 Å². The SMILES string of the molecule is CNc1nc2nc(-c3cccc(C#N)c3)nn2c2c1ncn2C. The first-order chi connectivity index (χ1) is 11.2. The number of hydrogen-bond donors (Lipinski definition) is 1. The van der Waals surface area contributed by atoms with Gasteiger partial charge in [0.1, 0.15) is 0 Å². The summed E-state index contributed by atoms with van der Waals surface area (Å²) in [7, 11) is 3.69. The number of aromatic nitrogens is 6. The van der Waals surface area contributed by atoms with Crippen LogP contribution in [0.3, 0.4) is 0 Å². The monoisotopic (exact) mass is 304 g/mol. The zero-order valence-electron chi connectivity index (χ0n) is 12.5. The first kappa shape index (κ1) is 13.2. The molecule has 0 atom stereocenters. The van der Waals surface area contributed by atoms with Crippen molar-refractivity contribution in [2.75, 3.05) is 12.4 Å². The normalized spacial score (nSPS) is 11.0. The number of hydrogen-bond acceptors (Lipinski definition) is 6. The van der Waals surface area contributed by atoms with Gasteiger partial charge >= 0.3 is 0 Å². The summed E-state index contributed by atoms with van der Waals surface area (Å²) in [5, 5.41) is 16.6. The van der Waals surface area contributed by atoms with Gasteiger partial charge in [0, 0.05) is 19.7 Å². The maximum Gasteiger partial charge on any atom is 0.256 e. The van der Waals surface area contributed by atoms with E-state index in [2.05, 4.69) is 31.4 Å². The highest BCUT2D eigenvalue weighted by Gasteiger charge is 2.16. The van der Waals surface area contributed by atoms with E-state index in [1.165, 1.54) is 0 Å². The summed E-state index contributed by atoms with van der Waals surface area (Å²) in [5.74, 6) is 1.64. The molecule has 0 saturated carbocycles. The number of rotatable bonds is 2. The van der Waals surface area contributed by atoms with Crippen molar-refractivity contribution >= 4 is 22.8 Å². The largest absolute Gasteiger partial charge is 0.371 e. The minimum atomic E-state index is 0.475. The minimum absolute atomic E-state index is 0.475. The molecule has 0 fully saturated rings. The summed E-state index contributed by atoms with van der Waals surface area (Å²) in [4.78, 5) is 13.3. The van der Waals surface area contributed by atoms with Gasteiger partial charge in [-0.05, 0) is 12.1 Å². The van der Waals surface area contributed by atoms with Gasteiger partial charge in [0.05, 0.1) is 18.0 Å². The zero-order chi connectivity index (χ0) is 16.0. The van der Waals surface area contributed by atoms with Crippen molar-refractivity contribution < 1.29 is 0 Å². The van der Waals surface area contributed by atoms with Crippen LogP contribution in [0.15, 0.2) is 30.6 Å². The van der Waals surface area contributed by atoms with Gasteiger partial charge in [-0.3, -0.25) is 0 Å². The summed E-state index contributed by atoms with van der Waals surface area (Å²) in [5.41, 5.74) is 2.87. The minimum Gasteiger partial charge on any atom is -0.371 e. The Labute approximate surface area is 131 Å². The summed E-state index contributed by atoms with van der Waals surface area (Å²) >= 11 is 0.